The summed E-state index contributed by atoms with van der Waals surface area (Å²) >= 11 is 0. The maximum Gasteiger partial charge on any atom is 0.243 e. The van der Waals surface area contributed by atoms with Gasteiger partial charge in [-0.25, -0.2) is 13.1 Å². The number of sulfonamides is 1. The molecule has 7 heteroatoms. The van der Waals surface area contributed by atoms with E-state index in [1.807, 2.05) is 18.2 Å². The van der Waals surface area contributed by atoms with Crippen molar-refractivity contribution in [3.63, 3.8) is 0 Å². The average Bonchev–Trinajstić information content (AvgIpc) is 3.02. The van der Waals surface area contributed by atoms with Crippen molar-refractivity contribution >= 4 is 10.0 Å². The van der Waals surface area contributed by atoms with Crippen molar-refractivity contribution in [1.82, 2.24) is 14.5 Å². The van der Waals surface area contributed by atoms with Crippen LogP contribution in [0, 0.1) is 0 Å². The highest BCUT2D eigenvalue weighted by Crippen LogP contribution is 2.34. The number of nitrogens with zero attached hydrogens (tertiary/aromatic N) is 2. The molecule has 0 radical (unpaired) electrons. The van der Waals surface area contributed by atoms with Gasteiger partial charge in [0.25, 0.3) is 0 Å². The van der Waals surface area contributed by atoms with Crippen molar-refractivity contribution in [2.75, 3.05) is 19.8 Å². The highest BCUT2D eigenvalue weighted by Gasteiger charge is 2.35. The fourth-order valence-corrected chi connectivity index (χ4v) is 4.09. The van der Waals surface area contributed by atoms with Crippen LogP contribution in [0.2, 0.25) is 0 Å². The number of rotatable bonds is 5. The summed E-state index contributed by atoms with van der Waals surface area (Å²) in [6, 6.07) is 10.1. The summed E-state index contributed by atoms with van der Waals surface area (Å²) in [4.78, 5) is 0.190. The van der Waals surface area contributed by atoms with E-state index in [0.29, 0.717) is 19.8 Å². The van der Waals surface area contributed by atoms with Crippen molar-refractivity contribution in [3.8, 4) is 0 Å². The lowest BCUT2D eigenvalue weighted by molar-refractivity contribution is 0.0517. The molecule has 2 heterocycles. The first-order chi connectivity index (χ1) is 11.0. The highest BCUT2D eigenvalue weighted by molar-refractivity contribution is 7.89. The smallest absolute Gasteiger partial charge is 0.243 e. The second-order valence-corrected chi connectivity index (χ2v) is 7.70. The molecule has 0 spiro atoms. The lowest BCUT2D eigenvalue weighted by Gasteiger charge is -2.37. The standard InChI is InChI=1S/C16H21N3O3S/c1-19-12-15(11-17-19)23(20,21)18-13-16(7-9-22-10-8-16)14-5-3-2-4-6-14/h2-6,11-12,18H,7-10,13H2,1H3. The van der Waals surface area contributed by atoms with E-state index in [2.05, 4.69) is 22.0 Å². The molecule has 1 N–H and O–H groups in total. The van der Waals surface area contributed by atoms with Crippen LogP contribution in [-0.4, -0.2) is 38.0 Å². The second kappa shape index (κ2) is 6.43. The number of ether oxygens (including phenoxy) is 1. The van der Waals surface area contributed by atoms with Gasteiger partial charge in [0.2, 0.25) is 10.0 Å². The van der Waals surface area contributed by atoms with Crippen molar-refractivity contribution in [2.45, 2.75) is 23.2 Å². The highest BCUT2D eigenvalue weighted by atomic mass is 32.2. The molecule has 0 saturated carbocycles. The van der Waals surface area contributed by atoms with Gasteiger partial charge in [-0.2, -0.15) is 5.10 Å². The molecule has 1 aliphatic rings. The fraction of sp³-hybridized carbons (Fsp3) is 0.438. The molecular formula is C16H21N3O3S. The Labute approximate surface area is 136 Å². The molecule has 0 unspecified atom stereocenters. The Kier molecular flexibility index (Phi) is 4.52. The van der Waals surface area contributed by atoms with Gasteiger partial charge < -0.3 is 4.74 Å². The van der Waals surface area contributed by atoms with Gasteiger partial charge in [0, 0.05) is 38.4 Å². The third-order valence-corrected chi connectivity index (χ3v) is 5.78. The molecule has 2 aromatic rings. The third kappa shape index (κ3) is 3.46. The van der Waals surface area contributed by atoms with Crippen LogP contribution in [0.15, 0.2) is 47.6 Å². The molecule has 1 saturated heterocycles. The Hall–Kier alpha value is -1.70. The number of hydrogen-bond donors (Lipinski definition) is 1. The Morgan fingerprint density at radius 2 is 1.96 bits per heavy atom. The van der Waals surface area contributed by atoms with Crippen LogP contribution >= 0.6 is 0 Å². The Morgan fingerprint density at radius 3 is 2.57 bits per heavy atom. The van der Waals surface area contributed by atoms with Gasteiger partial charge in [0.05, 0.1) is 6.20 Å². The minimum absolute atomic E-state index is 0.190. The molecule has 6 nitrogen and oxygen atoms in total. The minimum atomic E-state index is -3.56. The van der Waals surface area contributed by atoms with E-state index in [4.69, 9.17) is 4.74 Å². The predicted molar refractivity (Wildman–Crippen MR) is 86.6 cm³/mol. The molecule has 1 aromatic carbocycles. The van der Waals surface area contributed by atoms with E-state index in [-0.39, 0.29) is 10.3 Å². The summed E-state index contributed by atoms with van der Waals surface area (Å²) in [7, 11) is -1.86. The average molecular weight is 335 g/mol. The fourth-order valence-electron chi connectivity index (χ4n) is 2.98. The summed E-state index contributed by atoms with van der Waals surface area (Å²) in [5.74, 6) is 0. The number of aryl methyl sites for hydroxylation is 1. The van der Waals surface area contributed by atoms with E-state index in [0.717, 1.165) is 18.4 Å². The lowest BCUT2D eigenvalue weighted by atomic mass is 9.74. The molecule has 0 bridgehead atoms. The molecule has 3 rings (SSSR count). The third-order valence-electron chi connectivity index (χ3n) is 4.43. The number of benzene rings is 1. The van der Waals surface area contributed by atoms with E-state index in [1.165, 1.54) is 17.1 Å². The van der Waals surface area contributed by atoms with E-state index >= 15 is 0 Å². The summed E-state index contributed by atoms with van der Waals surface area (Å²) in [5.41, 5.74) is 0.923. The SMILES string of the molecule is Cn1cc(S(=O)(=O)NCC2(c3ccccc3)CCOCC2)cn1. The van der Waals surface area contributed by atoms with Gasteiger partial charge in [-0.3, -0.25) is 4.68 Å². The number of aromatic nitrogens is 2. The van der Waals surface area contributed by atoms with E-state index in [9.17, 15) is 8.42 Å². The lowest BCUT2D eigenvalue weighted by Crippen LogP contribution is -2.44. The second-order valence-electron chi connectivity index (χ2n) is 5.93. The first-order valence-corrected chi connectivity index (χ1v) is 9.12. The molecule has 23 heavy (non-hydrogen) atoms. The molecule has 0 atom stereocenters. The van der Waals surface area contributed by atoms with Gasteiger partial charge in [0.1, 0.15) is 4.90 Å². The quantitative estimate of drug-likeness (QED) is 0.897. The first-order valence-electron chi connectivity index (χ1n) is 7.63. The predicted octanol–water partition coefficient (Wildman–Crippen LogP) is 1.45. The van der Waals surface area contributed by atoms with E-state index < -0.39 is 10.0 Å². The molecule has 1 fully saturated rings. The Balaban J connectivity index is 1.82. The monoisotopic (exact) mass is 335 g/mol. The topological polar surface area (TPSA) is 73.2 Å². The molecule has 1 aliphatic heterocycles. The summed E-state index contributed by atoms with van der Waals surface area (Å²) in [5, 5.41) is 3.93. The van der Waals surface area contributed by atoms with Crippen LogP contribution in [0.5, 0.6) is 0 Å². The van der Waals surface area contributed by atoms with Gasteiger partial charge in [-0.15, -0.1) is 0 Å². The van der Waals surface area contributed by atoms with Crippen LogP contribution in [0.4, 0.5) is 0 Å². The van der Waals surface area contributed by atoms with Crippen molar-refractivity contribution in [3.05, 3.63) is 48.3 Å². The first kappa shape index (κ1) is 16.2. The molecule has 0 amide bonds. The Bertz CT molecular complexity index is 750. The number of nitrogens with one attached hydrogen (secondary N) is 1. The van der Waals surface area contributed by atoms with Crippen molar-refractivity contribution < 1.29 is 13.2 Å². The molecule has 1 aromatic heterocycles. The number of hydrogen-bond acceptors (Lipinski definition) is 4. The Morgan fingerprint density at radius 1 is 1.26 bits per heavy atom. The van der Waals surface area contributed by atoms with Gasteiger partial charge in [-0.1, -0.05) is 30.3 Å². The minimum Gasteiger partial charge on any atom is -0.381 e. The largest absolute Gasteiger partial charge is 0.381 e. The van der Waals surface area contributed by atoms with Crippen LogP contribution in [-0.2, 0) is 27.2 Å². The van der Waals surface area contributed by atoms with Gasteiger partial charge >= 0.3 is 0 Å². The molecule has 124 valence electrons. The summed E-state index contributed by atoms with van der Waals surface area (Å²) in [6.07, 6.45) is 4.46. The summed E-state index contributed by atoms with van der Waals surface area (Å²) in [6.45, 7) is 1.64. The zero-order valence-corrected chi connectivity index (χ0v) is 13.9. The maximum atomic E-state index is 12.5. The normalized spacial score (nSPS) is 18.0. The van der Waals surface area contributed by atoms with Crippen LogP contribution in [0.1, 0.15) is 18.4 Å². The van der Waals surface area contributed by atoms with E-state index in [1.54, 1.807) is 7.05 Å². The van der Waals surface area contributed by atoms with Crippen LogP contribution in [0.3, 0.4) is 0 Å². The zero-order valence-electron chi connectivity index (χ0n) is 13.1. The van der Waals surface area contributed by atoms with Gasteiger partial charge in [0.15, 0.2) is 0 Å². The zero-order chi connectivity index (χ0) is 16.3. The van der Waals surface area contributed by atoms with Crippen molar-refractivity contribution in [2.24, 2.45) is 7.05 Å². The molecule has 0 aliphatic carbocycles. The van der Waals surface area contributed by atoms with Crippen LogP contribution in [0.25, 0.3) is 0 Å². The maximum absolute atomic E-state index is 12.5. The van der Waals surface area contributed by atoms with Crippen molar-refractivity contribution in [1.29, 1.82) is 0 Å². The van der Waals surface area contributed by atoms with Crippen LogP contribution < -0.4 is 4.72 Å². The summed E-state index contributed by atoms with van der Waals surface area (Å²) < 4.78 is 34.7. The van der Waals surface area contributed by atoms with Gasteiger partial charge in [-0.05, 0) is 18.4 Å². The molecular weight excluding hydrogens is 314 g/mol.